The molecule has 2 heterocycles. The van der Waals surface area contributed by atoms with Crippen LogP contribution in [0.5, 0.6) is 5.75 Å². The third-order valence-corrected chi connectivity index (χ3v) is 8.92. The monoisotopic (exact) mass is 604 g/mol. The molecule has 202 valence electrons. The number of benzene rings is 2. The molecule has 2 aromatic heterocycles. The number of furan rings is 1. The zero-order valence-corrected chi connectivity index (χ0v) is 24.9. The highest BCUT2D eigenvalue weighted by Gasteiger charge is 2.33. The van der Waals surface area contributed by atoms with E-state index in [1.807, 2.05) is 66.9 Å². The summed E-state index contributed by atoms with van der Waals surface area (Å²) in [5.41, 5.74) is 4.15. The van der Waals surface area contributed by atoms with Gasteiger partial charge in [0, 0.05) is 15.6 Å². The molecule has 0 radical (unpaired) electrons. The summed E-state index contributed by atoms with van der Waals surface area (Å²) in [6.07, 6.45) is 6.42. The van der Waals surface area contributed by atoms with E-state index in [9.17, 15) is 4.79 Å². The van der Waals surface area contributed by atoms with Gasteiger partial charge in [-0.25, -0.2) is 4.99 Å². The second-order valence-corrected chi connectivity index (χ2v) is 13.0. The SMILES string of the molecule is CC(C)(C)[C@@H]1CCc2c(sc(N=Cc3ccc(OCc4ccc(Br)cc4)cc3)c2C(=O)NCc2ccco2)C1. The summed E-state index contributed by atoms with van der Waals surface area (Å²) in [6.45, 7) is 7.77. The Hall–Kier alpha value is -3.16. The van der Waals surface area contributed by atoms with E-state index >= 15 is 0 Å². The molecule has 0 fully saturated rings. The van der Waals surface area contributed by atoms with Gasteiger partial charge in [-0.15, -0.1) is 11.3 Å². The highest BCUT2D eigenvalue weighted by atomic mass is 79.9. The van der Waals surface area contributed by atoms with Crippen LogP contribution in [0.25, 0.3) is 0 Å². The van der Waals surface area contributed by atoms with Gasteiger partial charge >= 0.3 is 0 Å². The minimum atomic E-state index is -0.0954. The van der Waals surface area contributed by atoms with Crippen LogP contribution in [0.15, 0.2) is 80.8 Å². The van der Waals surface area contributed by atoms with Crippen molar-refractivity contribution in [2.45, 2.75) is 53.2 Å². The first kappa shape index (κ1) is 27.4. The number of halogens is 1. The van der Waals surface area contributed by atoms with Crippen LogP contribution in [0, 0.1) is 11.3 Å². The lowest BCUT2D eigenvalue weighted by molar-refractivity contribution is 0.0947. The van der Waals surface area contributed by atoms with E-state index in [-0.39, 0.29) is 11.3 Å². The standard InChI is InChI=1S/C32H33BrN2O3S/c1-32(2,3)23-10-15-27-28(17-23)39-31(29(27)30(36)34-19-26-5-4-16-37-26)35-18-21-8-13-25(14-9-21)38-20-22-6-11-24(33)12-7-22/h4-9,11-14,16,18,23H,10,15,17,19-20H2,1-3H3,(H,34,36)/t23-/m1/s1. The van der Waals surface area contributed by atoms with Crippen LogP contribution in [-0.4, -0.2) is 12.1 Å². The van der Waals surface area contributed by atoms with E-state index in [1.54, 1.807) is 17.6 Å². The van der Waals surface area contributed by atoms with Crippen LogP contribution < -0.4 is 10.1 Å². The van der Waals surface area contributed by atoms with Crippen molar-refractivity contribution in [3.8, 4) is 5.75 Å². The average Bonchev–Trinajstić information content (AvgIpc) is 3.58. The summed E-state index contributed by atoms with van der Waals surface area (Å²) in [4.78, 5) is 19.5. The van der Waals surface area contributed by atoms with Crippen molar-refractivity contribution in [3.63, 3.8) is 0 Å². The Morgan fingerprint density at radius 3 is 2.62 bits per heavy atom. The molecule has 0 bridgehead atoms. The zero-order chi connectivity index (χ0) is 27.4. The normalized spacial score (nSPS) is 15.3. The van der Waals surface area contributed by atoms with Gasteiger partial charge in [-0.2, -0.15) is 0 Å². The van der Waals surface area contributed by atoms with Crippen molar-refractivity contribution in [2.75, 3.05) is 0 Å². The first-order chi connectivity index (χ1) is 18.8. The predicted octanol–water partition coefficient (Wildman–Crippen LogP) is 8.51. The summed E-state index contributed by atoms with van der Waals surface area (Å²) in [7, 11) is 0. The molecular formula is C32H33BrN2O3S. The quantitative estimate of drug-likeness (QED) is 0.205. The maximum Gasteiger partial charge on any atom is 0.255 e. The molecule has 1 aliphatic carbocycles. The Morgan fingerprint density at radius 1 is 1.15 bits per heavy atom. The van der Waals surface area contributed by atoms with Gasteiger partial charge in [0.2, 0.25) is 0 Å². The van der Waals surface area contributed by atoms with Gasteiger partial charge in [-0.1, -0.05) is 48.8 Å². The van der Waals surface area contributed by atoms with Gasteiger partial charge in [0.05, 0.1) is 18.4 Å². The first-order valence-electron chi connectivity index (χ1n) is 13.2. The number of carbonyl (C=O) groups excluding carboxylic acids is 1. The third-order valence-electron chi connectivity index (χ3n) is 7.23. The average molecular weight is 606 g/mol. The Kier molecular flexibility index (Phi) is 8.38. The lowest BCUT2D eigenvalue weighted by Crippen LogP contribution is -2.28. The summed E-state index contributed by atoms with van der Waals surface area (Å²) < 4.78 is 12.4. The van der Waals surface area contributed by atoms with Crippen LogP contribution in [0.2, 0.25) is 0 Å². The van der Waals surface area contributed by atoms with Crippen molar-refractivity contribution in [1.82, 2.24) is 5.32 Å². The number of nitrogens with one attached hydrogen (secondary N) is 1. The summed E-state index contributed by atoms with van der Waals surface area (Å²) in [5, 5.41) is 3.80. The molecule has 0 saturated heterocycles. The summed E-state index contributed by atoms with van der Waals surface area (Å²) in [5.74, 6) is 2.02. The lowest BCUT2D eigenvalue weighted by atomic mass is 9.72. The van der Waals surface area contributed by atoms with E-state index in [2.05, 4.69) is 42.0 Å². The Morgan fingerprint density at radius 2 is 1.92 bits per heavy atom. The summed E-state index contributed by atoms with van der Waals surface area (Å²) in [6, 6.07) is 19.7. The van der Waals surface area contributed by atoms with Crippen molar-refractivity contribution in [3.05, 3.63) is 104 Å². The van der Waals surface area contributed by atoms with Gasteiger partial charge < -0.3 is 14.5 Å². The van der Waals surface area contributed by atoms with E-state index in [4.69, 9.17) is 14.1 Å². The smallest absolute Gasteiger partial charge is 0.255 e. The molecule has 1 aliphatic rings. The molecule has 7 heteroatoms. The second-order valence-electron chi connectivity index (χ2n) is 11.0. The number of rotatable bonds is 8. The van der Waals surface area contributed by atoms with Crippen LogP contribution in [-0.2, 0) is 26.0 Å². The maximum absolute atomic E-state index is 13.4. The van der Waals surface area contributed by atoms with Gasteiger partial charge in [0.15, 0.2) is 0 Å². The molecule has 4 aromatic rings. The molecular weight excluding hydrogens is 572 g/mol. The molecule has 5 nitrogen and oxygen atoms in total. The fourth-order valence-corrected chi connectivity index (χ4v) is 6.37. The number of hydrogen-bond acceptors (Lipinski definition) is 5. The topological polar surface area (TPSA) is 63.8 Å². The van der Waals surface area contributed by atoms with Crippen molar-refractivity contribution >= 4 is 44.4 Å². The lowest BCUT2D eigenvalue weighted by Gasteiger charge is -2.33. The van der Waals surface area contributed by atoms with E-state index in [0.717, 1.165) is 56.9 Å². The largest absolute Gasteiger partial charge is 0.489 e. The Balaban J connectivity index is 1.33. The fraction of sp³-hybridized carbons (Fsp3) is 0.312. The van der Waals surface area contributed by atoms with Gasteiger partial charge in [-0.05, 0) is 95.8 Å². The van der Waals surface area contributed by atoms with Crippen LogP contribution in [0.1, 0.15) is 64.9 Å². The van der Waals surface area contributed by atoms with Crippen molar-refractivity contribution in [1.29, 1.82) is 0 Å². The molecule has 0 aliphatic heterocycles. The summed E-state index contributed by atoms with van der Waals surface area (Å²) >= 11 is 5.11. The van der Waals surface area contributed by atoms with Crippen molar-refractivity contribution in [2.24, 2.45) is 16.3 Å². The minimum Gasteiger partial charge on any atom is -0.489 e. The Bertz CT molecular complexity index is 1430. The number of aliphatic imine (C=N–C) groups is 1. The van der Waals surface area contributed by atoms with Crippen molar-refractivity contribution < 1.29 is 13.9 Å². The number of thiophene rings is 1. The molecule has 5 rings (SSSR count). The van der Waals surface area contributed by atoms with Gasteiger partial charge in [0.1, 0.15) is 23.1 Å². The van der Waals surface area contributed by atoms with Gasteiger partial charge in [0.25, 0.3) is 5.91 Å². The molecule has 1 atom stereocenters. The van der Waals surface area contributed by atoms with Crippen LogP contribution in [0.4, 0.5) is 5.00 Å². The van der Waals surface area contributed by atoms with E-state index < -0.39 is 0 Å². The fourth-order valence-electron chi connectivity index (χ4n) is 4.84. The number of ether oxygens (including phenoxy) is 1. The van der Waals surface area contributed by atoms with E-state index in [1.165, 1.54) is 4.88 Å². The molecule has 2 aromatic carbocycles. The molecule has 0 spiro atoms. The molecule has 1 amide bonds. The third kappa shape index (κ3) is 6.89. The molecule has 1 N–H and O–H groups in total. The number of nitrogens with zero attached hydrogens (tertiary/aromatic N) is 1. The number of amides is 1. The first-order valence-corrected chi connectivity index (χ1v) is 14.8. The number of carbonyl (C=O) groups is 1. The highest BCUT2D eigenvalue weighted by molar-refractivity contribution is 9.10. The molecule has 0 saturated carbocycles. The maximum atomic E-state index is 13.4. The van der Waals surface area contributed by atoms with Crippen LogP contribution >= 0.6 is 27.3 Å². The second kappa shape index (κ2) is 11.9. The van der Waals surface area contributed by atoms with Gasteiger partial charge in [-0.3, -0.25) is 4.79 Å². The molecule has 39 heavy (non-hydrogen) atoms. The minimum absolute atomic E-state index is 0.0954. The van der Waals surface area contributed by atoms with Crippen LogP contribution in [0.3, 0.4) is 0 Å². The highest BCUT2D eigenvalue weighted by Crippen LogP contribution is 2.45. The Labute approximate surface area is 242 Å². The number of fused-ring (bicyclic) bond motifs is 1. The molecule has 0 unspecified atom stereocenters. The number of hydrogen-bond donors (Lipinski definition) is 1. The zero-order valence-electron chi connectivity index (χ0n) is 22.5. The van der Waals surface area contributed by atoms with E-state index in [0.29, 0.717) is 24.6 Å². The predicted molar refractivity (Wildman–Crippen MR) is 161 cm³/mol.